The Kier molecular flexibility index (Phi) is 3.09. The molecule has 0 N–H and O–H groups in total. The molecule has 3 nitrogen and oxygen atoms in total. The minimum atomic E-state index is 0.148. The lowest BCUT2D eigenvalue weighted by molar-refractivity contribution is 0.0799. The topological polar surface area (TPSA) is 23.6 Å². The quantitative estimate of drug-likeness (QED) is 0.742. The van der Waals surface area contributed by atoms with Crippen molar-refractivity contribution in [3.05, 3.63) is 29.3 Å². The van der Waals surface area contributed by atoms with Gasteiger partial charge in [-0.05, 0) is 36.1 Å². The van der Waals surface area contributed by atoms with E-state index in [0.29, 0.717) is 5.92 Å². The van der Waals surface area contributed by atoms with Crippen LogP contribution in [0.4, 0.5) is 5.69 Å². The van der Waals surface area contributed by atoms with E-state index < -0.39 is 0 Å². The molecule has 1 heterocycles. The van der Waals surface area contributed by atoms with E-state index in [9.17, 15) is 4.79 Å². The Morgan fingerprint density at radius 2 is 2.06 bits per heavy atom. The van der Waals surface area contributed by atoms with Crippen molar-refractivity contribution >= 4 is 11.6 Å². The Morgan fingerprint density at radius 3 is 2.71 bits per heavy atom. The van der Waals surface area contributed by atoms with E-state index in [1.807, 2.05) is 38.2 Å². The second-order valence-corrected chi connectivity index (χ2v) is 5.08. The van der Waals surface area contributed by atoms with Crippen molar-refractivity contribution in [3.63, 3.8) is 0 Å². The van der Waals surface area contributed by atoms with Crippen LogP contribution in [0.1, 0.15) is 35.2 Å². The number of benzene rings is 1. The molecule has 0 saturated heterocycles. The van der Waals surface area contributed by atoms with Crippen LogP contribution in [0.25, 0.3) is 0 Å². The number of fused-ring (bicyclic) bond motifs is 1. The summed E-state index contributed by atoms with van der Waals surface area (Å²) < 4.78 is 0. The van der Waals surface area contributed by atoms with Crippen LogP contribution >= 0.6 is 0 Å². The van der Waals surface area contributed by atoms with Crippen molar-refractivity contribution in [2.75, 3.05) is 32.6 Å². The monoisotopic (exact) mass is 232 g/mol. The molecule has 1 atom stereocenters. The van der Waals surface area contributed by atoms with Gasteiger partial charge in [0.15, 0.2) is 0 Å². The summed E-state index contributed by atoms with van der Waals surface area (Å²) >= 11 is 0. The van der Waals surface area contributed by atoms with Crippen molar-refractivity contribution in [1.29, 1.82) is 0 Å². The summed E-state index contributed by atoms with van der Waals surface area (Å²) in [5, 5.41) is 0. The lowest BCUT2D eigenvalue weighted by Gasteiger charge is -2.18. The molecule has 0 saturated carbocycles. The van der Waals surface area contributed by atoms with Crippen molar-refractivity contribution in [2.45, 2.75) is 19.3 Å². The first-order valence-electron chi connectivity index (χ1n) is 6.07. The van der Waals surface area contributed by atoms with Gasteiger partial charge in [-0.1, -0.05) is 6.92 Å². The van der Waals surface area contributed by atoms with Gasteiger partial charge in [0.25, 0.3) is 5.91 Å². The fraction of sp³-hybridized carbons (Fsp3) is 0.500. The number of hydrogen-bond acceptors (Lipinski definition) is 2. The summed E-state index contributed by atoms with van der Waals surface area (Å²) in [6, 6.07) is 6.13. The predicted octanol–water partition coefficient (Wildman–Crippen LogP) is 2.33. The van der Waals surface area contributed by atoms with E-state index in [1.54, 1.807) is 0 Å². The molecular formula is C14H20N2O. The lowest BCUT2D eigenvalue weighted by atomic mass is 9.93. The maximum atomic E-state index is 12.2. The molecule has 92 valence electrons. The zero-order valence-electron chi connectivity index (χ0n) is 11.0. The summed E-state index contributed by atoms with van der Waals surface area (Å²) in [7, 11) is 5.93. The molecule has 0 fully saturated rings. The third-order valence-corrected chi connectivity index (χ3v) is 3.56. The zero-order chi connectivity index (χ0) is 12.6. The highest BCUT2D eigenvalue weighted by molar-refractivity contribution is 5.96. The molecule has 0 radical (unpaired) electrons. The van der Waals surface area contributed by atoms with Crippen LogP contribution in [0, 0.1) is 0 Å². The van der Waals surface area contributed by atoms with Gasteiger partial charge in [0, 0.05) is 38.9 Å². The average molecular weight is 232 g/mol. The Bertz CT molecular complexity index is 440. The molecule has 17 heavy (non-hydrogen) atoms. The number of amides is 1. The van der Waals surface area contributed by atoms with Crippen molar-refractivity contribution in [3.8, 4) is 0 Å². The van der Waals surface area contributed by atoms with Gasteiger partial charge in [0.2, 0.25) is 0 Å². The molecule has 1 aromatic carbocycles. The van der Waals surface area contributed by atoms with Gasteiger partial charge in [-0.15, -0.1) is 0 Å². The van der Waals surface area contributed by atoms with Gasteiger partial charge in [-0.3, -0.25) is 4.79 Å². The summed E-state index contributed by atoms with van der Waals surface area (Å²) in [5.41, 5.74) is 3.21. The van der Waals surface area contributed by atoms with Crippen LogP contribution in [0.5, 0.6) is 0 Å². The molecule has 1 unspecified atom stereocenters. The van der Waals surface area contributed by atoms with Crippen LogP contribution in [0.15, 0.2) is 18.2 Å². The van der Waals surface area contributed by atoms with E-state index in [-0.39, 0.29) is 5.91 Å². The molecule has 0 aliphatic carbocycles. The fourth-order valence-corrected chi connectivity index (χ4v) is 2.28. The van der Waals surface area contributed by atoms with E-state index in [4.69, 9.17) is 0 Å². The number of hydrogen-bond donors (Lipinski definition) is 0. The van der Waals surface area contributed by atoms with Crippen LogP contribution in [0.2, 0.25) is 0 Å². The Hall–Kier alpha value is -1.51. The van der Waals surface area contributed by atoms with Gasteiger partial charge in [0.05, 0.1) is 0 Å². The molecule has 0 spiro atoms. The molecule has 1 aliphatic heterocycles. The minimum Gasteiger partial charge on any atom is -0.378 e. The zero-order valence-corrected chi connectivity index (χ0v) is 11.0. The molecular weight excluding hydrogens is 212 g/mol. The second kappa shape index (κ2) is 4.40. The normalized spacial score (nSPS) is 19.9. The maximum Gasteiger partial charge on any atom is 0.253 e. The molecule has 0 bridgehead atoms. The summed E-state index contributed by atoms with van der Waals surface area (Å²) in [6.07, 6.45) is 1.03. The molecule has 3 heteroatoms. The summed E-state index contributed by atoms with van der Waals surface area (Å²) in [5.74, 6) is 0.591. The first kappa shape index (κ1) is 12.0. The van der Waals surface area contributed by atoms with Gasteiger partial charge >= 0.3 is 0 Å². The first-order chi connectivity index (χ1) is 8.00. The van der Waals surface area contributed by atoms with E-state index in [0.717, 1.165) is 24.2 Å². The Labute approximate surface area is 103 Å². The standard InChI is InChI=1S/C14H20N2O/c1-10-7-8-16(4)14(17)12-6-5-11(15(2)3)9-13(10)12/h5-6,9-10H,7-8H2,1-4H3. The first-order valence-corrected chi connectivity index (χ1v) is 6.07. The lowest BCUT2D eigenvalue weighted by Crippen LogP contribution is -2.26. The van der Waals surface area contributed by atoms with Crippen molar-refractivity contribution < 1.29 is 4.79 Å². The number of carbonyl (C=O) groups excluding carboxylic acids is 1. The fourth-order valence-electron chi connectivity index (χ4n) is 2.28. The summed E-state index contributed by atoms with van der Waals surface area (Å²) in [4.78, 5) is 16.1. The van der Waals surface area contributed by atoms with Crippen molar-refractivity contribution in [1.82, 2.24) is 4.90 Å². The third kappa shape index (κ3) is 2.14. The average Bonchev–Trinajstić information content (AvgIpc) is 2.42. The minimum absolute atomic E-state index is 0.148. The maximum absolute atomic E-state index is 12.2. The van der Waals surface area contributed by atoms with Crippen LogP contribution in [-0.4, -0.2) is 38.5 Å². The Balaban J connectivity index is 2.51. The van der Waals surface area contributed by atoms with E-state index in [2.05, 4.69) is 17.9 Å². The third-order valence-electron chi connectivity index (χ3n) is 3.56. The number of nitrogens with zero attached hydrogens (tertiary/aromatic N) is 2. The van der Waals surface area contributed by atoms with Gasteiger partial charge < -0.3 is 9.80 Å². The highest BCUT2D eigenvalue weighted by Crippen LogP contribution is 2.30. The van der Waals surface area contributed by atoms with Gasteiger partial charge in [-0.25, -0.2) is 0 Å². The highest BCUT2D eigenvalue weighted by atomic mass is 16.2. The van der Waals surface area contributed by atoms with Crippen LogP contribution in [0.3, 0.4) is 0 Å². The molecule has 2 rings (SSSR count). The molecule has 1 aliphatic rings. The highest BCUT2D eigenvalue weighted by Gasteiger charge is 2.24. The number of carbonyl (C=O) groups is 1. The smallest absolute Gasteiger partial charge is 0.253 e. The van der Waals surface area contributed by atoms with Crippen LogP contribution in [-0.2, 0) is 0 Å². The van der Waals surface area contributed by atoms with Crippen molar-refractivity contribution in [2.24, 2.45) is 0 Å². The SMILES string of the molecule is CC1CCN(C)C(=O)c2ccc(N(C)C)cc21. The number of rotatable bonds is 1. The second-order valence-electron chi connectivity index (χ2n) is 5.08. The molecule has 1 amide bonds. The van der Waals surface area contributed by atoms with E-state index in [1.165, 1.54) is 5.56 Å². The van der Waals surface area contributed by atoms with Gasteiger partial charge in [0.1, 0.15) is 0 Å². The number of anilines is 1. The summed E-state index contributed by atoms with van der Waals surface area (Å²) in [6.45, 7) is 3.04. The Morgan fingerprint density at radius 1 is 1.35 bits per heavy atom. The van der Waals surface area contributed by atoms with Gasteiger partial charge in [-0.2, -0.15) is 0 Å². The molecule has 1 aromatic rings. The molecule has 0 aromatic heterocycles. The largest absolute Gasteiger partial charge is 0.378 e. The van der Waals surface area contributed by atoms with Crippen LogP contribution < -0.4 is 4.90 Å². The predicted molar refractivity (Wildman–Crippen MR) is 70.8 cm³/mol. The van der Waals surface area contributed by atoms with E-state index >= 15 is 0 Å².